The van der Waals surface area contributed by atoms with E-state index >= 15 is 0 Å². The van der Waals surface area contributed by atoms with E-state index in [0.29, 0.717) is 12.0 Å². The SMILES string of the molecule is Cc1ccoc1C(=O)NCC(Cc1ccc(F)cc1)C(N)=O. The van der Waals surface area contributed by atoms with Gasteiger partial charge in [0.25, 0.3) is 5.91 Å². The number of rotatable bonds is 6. The number of carbonyl (C=O) groups is 2. The zero-order valence-electron chi connectivity index (χ0n) is 12.1. The fourth-order valence-electron chi connectivity index (χ4n) is 2.08. The third-order valence-corrected chi connectivity index (χ3v) is 3.38. The summed E-state index contributed by atoms with van der Waals surface area (Å²) in [6.07, 6.45) is 1.75. The first-order valence-electron chi connectivity index (χ1n) is 6.83. The second-order valence-corrected chi connectivity index (χ2v) is 5.07. The monoisotopic (exact) mass is 304 g/mol. The molecule has 5 nitrogen and oxygen atoms in total. The Morgan fingerprint density at radius 3 is 2.50 bits per heavy atom. The largest absolute Gasteiger partial charge is 0.459 e. The number of benzene rings is 1. The van der Waals surface area contributed by atoms with E-state index in [1.165, 1.54) is 18.4 Å². The molecule has 1 aromatic carbocycles. The van der Waals surface area contributed by atoms with Gasteiger partial charge in [-0.3, -0.25) is 9.59 Å². The van der Waals surface area contributed by atoms with Crippen LogP contribution in [0.3, 0.4) is 0 Å². The van der Waals surface area contributed by atoms with Crippen molar-refractivity contribution in [3.05, 3.63) is 59.3 Å². The van der Waals surface area contributed by atoms with Crippen molar-refractivity contribution in [2.45, 2.75) is 13.3 Å². The summed E-state index contributed by atoms with van der Waals surface area (Å²) in [6.45, 7) is 1.84. The highest BCUT2D eigenvalue weighted by molar-refractivity contribution is 5.93. The van der Waals surface area contributed by atoms with Gasteiger partial charge in [0.05, 0.1) is 12.2 Å². The highest BCUT2D eigenvalue weighted by Crippen LogP contribution is 2.11. The molecule has 0 radical (unpaired) electrons. The van der Waals surface area contributed by atoms with Crippen LogP contribution < -0.4 is 11.1 Å². The summed E-state index contributed by atoms with van der Waals surface area (Å²) in [5.74, 6) is -1.63. The fourth-order valence-corrected chi connectivity index (χ4v) is 2.08. The number of amides is 2. The molecule has 0 bridgehead atoms. The third-order valence-electron chi connectivity index (χ3n) is 3.38. The predicted octanol–water partition coefficient (Wildman–Crippen LogP) is 1.80. The number of aryl methyl sites for hydroxylation is 1. The number of primary amides is 1. The van der Waals surface area contributed by atoms with E-state index in [-0.39, 0.29) is 18.1 Å². The minimum absolute atomic E-state index is 0.0890. The van der Waals surface area contributed by atoms with Crippen molar-refractivity contribution >= 4 is 11.8 Å². The van der Waals surface area contributed by atoms with Crippen molar-refractivity contribution in [3.8, 4) is 0 Å². The Labute approximate surface area is 127 Å². The lowest BCUT2D eigenvalue weighted by atomic mass is 9.98. The first-order valence-corrected chi connectivity index (χ1v) is 6.83. The van der Waals surface area contributed by atoms with Crippen LogP contribution >= 0.6 is 0 Å². The Kier molecular flexibility index (Phi) is 4.93. The summed E-state index contributed by atoms with van der Waals surface area (Å²) < 4.78 is 18.0. The number of hydrogen-bond donors (Lipinski definition) is 2. The fraction of sp³-hybridized carbons (Fsp3) is 0.250. The van der Waals surface area contributed by atoms with Gasteiger partial charge in [-0.25, -0.2) is 4.39 Å². The van der Waals surface area contributed by atoms with Gasteiger partial charge in [-0.2, -0.15) is 0 Å². The van der Waals surface area contributed by atoms with Crippen molar-refractivity contribution < 1.29 is 18.4 Å². The molecule has 0 saturated heterocycles. The maximum Gasteiger partial charge on any atom is 0.287 e. The Morgan fingerprint density at radius 2 is 1.95 bits per heavy atom. The van der Waals surface area contributed by atoms with E-state index in [4.69, 9.17) is 10.2 Å². The molecule has 22 heavy (non-hydrogen) atoms. The number of nitrogens with one attached hydrogen (secondary N) is 1. The van der Waals surface area contributed by atoms with Crippen LogP contribution in [0.5, 0.6) is 0 Å². The average Bonchev–Trinajstić information content (AvgIpc) is 2.91. The number of hydrogen-bond acceptors (Lipinski definition) is 3. The lowest BCUT2D eigenvalue weighted by molar-refractivity contribution is -0.121. The predicted molar refractivity (Wildman–Crippen MR) is 78.6 cm³/mol. The Bertz CT molecular complexity index is 664. The summed E-state index contributed by atoms with van der Waals surface area (Å²) in [7, 11) is 0. The van der Waals surface area contributed by atoms with Crippen molar-refractivity contribution in [1.29, 1.82) is 0 Å². The maximum atomic E-state index is 12.9. The molecule has 6 heteroatoms. The van der Waals surface area contributed by atoms with Gasteiger partial charge < -0.3 is 15.5 Å². The van der Waals surface area contributed by atoms with Crippen LogP contribution in [-0.4, -0.2) is 18.4 Å². The molecule has 1 atom stereocenters. The Balaban J connectivity index is 1.97. The van der Waals surface area contributed by atoms with Gasteiger partial charge in [-0.05, 0) is 37.1 Å². The van der Waals surface area contributed by atoms with E-state index < -0.39 is 17.7 Å². The van der Waals surface area contributed by atoms with Crippen molar-refractivity contribution in [2.75, 3.05) is 6.54 Å². The van der Waals surface area contributed by atoms with Crippen LogP contribution in [-0.2, 0) is 11.2 Å². The first kappa shape index (κ1) is 15.8. The summed E-state index contributed by atoms with van der Waals surface area (Å²) >= 11 is 0. The van der Waals surface area contributed by atoms with Crippen LogP contribution in [0.2, 0.25) is 0 Å². The van der Waals surface area contributed by atoms with E-state index in [1.54, 1.807) is 25.1 Å². The molecule has 0 aliphatic heterocycles. The van der Waals surface area contributed by atoms with Crippen LogP contribution in [0.15, 0.2) is 41.0 Å². The zero-order chi connectivity index (χ0) is 16.1. The molecule has 0 saturated carbocycles. The minimum atomic E-state index is -0.579. The van der Waals surface area contributed by atoms with Gasteiger partial charge in [0.1, 0.15) is 5.82 Å². The topological polar surface area (TPSA) is 85.3 Å². The quantitative estimate of drug-likeness (QED) is 0.853. The van der Waals surface area contributed by atoms with Gasteiger partial charge in [-0.1, -0.05) is 12.1 Å². The highest BCUT2D eigenvalue weighted by atomic mass is 19.1. The summed E-state index contributed by atoms with van der Waals surface area (Å²) in [5.41, 5.74) is 6.85. The van der Waals surface area contributed by atoms with Gasteiger partial charge in [0.2, 0.25) is 5.91 Å². The number of furan rings is 1. The maximum absolute atomic E-state index is 12.9. The number of halogens is 1. The van der Waals surface area contributed by atoms with Gasteiger partial charge >= 0.3 is 0 Å². The van der Waals surface area contributed by atoms with E-state index in [2.05, 4.69) is 5.32 Å². The third kappa shape index (κ3) is 3.94. The van der Waals surface area contributed by atoms with Gasteiger partial charge in [-0.15, -0.1) is 0 Å². The molecular formula is C16H17FN2O3. The second kappa shape index (κ2) is 6.89. The van der Waals surface area contributed by atoms with Gasteiger partial charge in [0, 0.05) is 12.1 Å². The zero-order valence-corrected chi connectivity index (χ0v) is 12.1. The van der Waals surface area contributed by atoms with E-state index in [1.807, 2.05) is 0 Å². The molecule has 1 heterocycles. The van der Waals surface area contributed by atoms with Crippen LogP contribution in [0.25, 0.3) is 0 Å². The Morgan fingerprint density at radius 1 is 1.27 bits per heavy atom. The molecule has 0 spiro atoms. The molecule has 0 aliphatic rings. The van der Waals surface area contributed by atoms with E-state index in [9.17, 15) is 14.0 Å². The summed E-state index contributed by atoms with van der Waals surface area (Å²) in [6, 6.07) is 7.49. The highest BCUT2D eigenvalue weighted by Gasteiger charge is 2.19. The molecule has 2 rings (SSSR count). The smallest absolute Gasteiger partial charge is 0.287 e. The average molecular weight is 304 g/mol. The number of nitrogens with two attached hydrogens (primary N) is 1. The van der Waals surface area contributed by atoms with Crippen molar-refractivity contribution in [1.82, 2.24) is 5.32 Å². The standard InChI is InChI=1S/C16H17FN2O3/c1-10-6-7-22-14(10)16(21)19-9-12(15(18)20)8-11-2-4-13(17)5-3-11/h2-7,12H,8-9H2,1H3,(H2,18,20)(H,19,21). The van der Waals surface area contributed by atoms with Gasteiger partial charge in [0.15, 0.2) is 5.76 Å². The summed E-state index contributed by atoms with van der Waals surface area (Å²) in [5, 5.41) is 2.63. The lowest BCUT2D eigenvalue weighted by Crippen LogP contribution is -2.37. The van der Waals surface area contributed by atoms with Crippen LogP contribution in [0, 0.1) is 18.7 Å². The summed E-state index contributed by atoms with van der Waals surface area (Å²) in [4.78, 5) is 23.5. The Hall–Kier alpha value is -2.63. The minimum Gasteiger partial charge on any atom is -0.459 e. The molecule has 2 aromatic rings. The molecule has 0 aliphatic carbocycles. The molecule has 1 aromatic heterocycles. The number of carbonyl (C=O) groups excluding carboxylic acids is 2. The lowest BCUT2D eigenvalue weighted by Gasteiger charge is -2.14. The van der Waals surface area contributed by atoms with Crippen molar-refractivity contribution in [3.63, 3.8) is 0 Å². The second-order valence-electron chi connectivity index (χ2n) is 5.07. The molecule has 1 unspecified atom stereocenters. The van der Waals surface area contributed by atoms with Crippen molar-refractivity contribution in [2.24, 2.45) is 11.7 Å². The first-order chi connectivity index (χ1) is 10.5. The van der Waals surface area contributed by atoms with E-state index in [0.717, 1.165) is 5.56 Å². The normalized spacial score (nSPS) is 11.9. The van der Waals surface area contributed by atoms with Crippen LogP contribution in [0.1, 0.15) is 21.7 Å². The molecular weight excluding hydrogens is 287 g/mol. The molecule has 0 fully saturated rings. The molecule has 3 N–H and O–H groups in total. The van der Waals surface area contributed by atoms with Crippen LogP contribution in [0.4, 0.5) is 4.39 Å². The molecule has 116 valence electrons. The molecule has 2 amide bonds.